The molecule has 28 unspecified atom stereocenters. The summed E-state index contributed by atoms with van der Waals surface area (Å²) >= 11 is 0. The van der Waals surface area contributed by atoms with Crippen LogP contribution in [0.2, 0.25) is 0 Å². The summed E-state index contributed by atoms with van der Waals surface area (Å²) in [5.41, 5.74) is 0. The molecule has 0 radical (unpaired) electrons. The van der Waals surface area contributed by atoms with Crippen molar-refractivity contribution in [3.63, 3.8) is 0 Å². The number of hydrogen-bond acceptors (Lipinski definition) is 54. The molecule has 8 rings (SSSR count). The van der Waals surface area contributed by atoms with Crippen molar-refractivity contribution in [3.05, 3.63) is 0 Å². The van der Waals surface area contributed by atoms with Crippen molar-refractivity contribution in [1.29, 1.82) is 0 Å². The third-order valence-electron chi connectivity index (χ3n) is 16.5. The van der Waals surface area contributed by atoms with Gasteiger partial charge in [0.2, 0.25) is 23.1 Å². The van der Waals surface area contributed by atoms with Gasteiger partial charge in [-0.1, -0.05) is 0 Å². The lowest BCUT2D eigenvalue weighted by atomic mass is 9.98. The highest BCUT2D eigenvalue weighted by atomic mass is 16.7. The van der Waals surface area contributed by atoms with Crippen LogP contribution < -0.4 is 0 Å². The maximum atomic E-state index is 9.90. The zero-order valence-corrected chi connectivity index (χ0v) is 56.4. The minimum atomic E-state index is -2.17. The number of aliphatic hydroxyl groups excluding tert-OH is 41. The maximum Gasteiger partial charge on any atom is 0.219 e. The topological polar surface area (TPSA) is 1000 Å². The number of carbonyl (C=O) groups excluding carboxylic acids is 1. The molecule has 0 saturated carbocycles. The predicted molar refractivity (Wildman–Crippen MR) is 325 cm³/mol. The summed E-state index contributed by atoms with van der Waals surface area (Å²) < 4.78 is 36.7. The van der Waals surface area contributed by atoms with E-state index < -0.39 is 316 Å². The fourth-order valence-electron chi connectivity index (χ4n) is 9.35. The highest BCUT2D eigenvalue weighted by Gasteiger charge is 2.55. The number of rotatable bonds is 17. The third-order valence-corrected chi connectivity index (χ3v) is 16.5. The van der Waals surface area contributed by atoms with E-state index in [1.807, 2.05) is 0 Å². The molecule has 0 bridgehead atoms. The first kappa shape index (κ1) is 106. The Hall–Kier alpha value is -2.45. The molecule has 8 aliphatic heterocycles. The van der Waals surface area contributed by atoms with Crippen LogP contribution in [0.1, 0.15) is 0 Å². The van der Waals surface area contributed by atoms with Gasteiger partial charge in [0.1, 0.15) is 195 Å². The Labute approximate surface area is 607 Å². The molecule has 8 fully saturated rings. The minimum Gasteiger partial charge on any atom is -0.394 e. The third kappa shape index (κ3) is 28.5. The molecule has 8 aliphatic rings. The van der Waals surface area contributed by atoms with E-state index in [1.165, 1.54) is 0 Å². The van der Waals surface area contributed by atoms with Gasteiger partial charge >= 0.3 is 0 Å². The van der Waals surface area contributed by atoms with Crippen LogP contribution in [-0.2, 0) is 42.7 Å². The van der Waals surface area contributed by atoms with Gasteiger partial charge in [0.05, 0.1) is 85.9 Å². The predicted octanol–water partition coefficient (Wildman–Crippen LogP) is -29.1. The van der Waals surface area contributed by atoms with E-state index in [4.69, 9.17) is 209 Å². The molecule has 0 aliphatic carbocycles. The second-order valence-corrected chi connectivity index (χ2v) is 24.4. The van der Waals surface area contributed by atoms with Crippen molar-refractivity contribution < 1.29 is 272 Å². The zero-order chi connectivity index (χ0) is 84.3. The number of hydrogen-bond donors (Lipinski definition) is 45. The fraction of sp³-hybridized carbons (Fsp3) is 0.981. The van der Waals surface area contributed by atoms with E-state index >= 15 is 0 Å². The van der Waals surface area contributed by atoms with Gasteiger partial charge in [0.15, 0.2) is 31.4 Å². The summed E-state index contributed by atoms with van der Waals surface area (Å²) in [6.45, 7) is -8.04. The Kier molecular flexibility index (Phi) is 47.7. The van der Waals surface area contributed by atoms with Crippen molar-refractivity contribution in [1.82, 2.24) is 0 Å². The number of ether oxygens (including phenoxy) is 8. The lowest BCUT2D eigenvalue weighted by Gasteiger charge is -2.40. The van der Waals surface area contributed by atoms with Gasteiger partial charge in [-0.25, -0.2) is 0 Å². The first-order chi connectivity index (χ1) is 50.0. The number of aldehydes is 1. The van der Waals surface area contributed by atoms with Gasteiger partial charge in [-0.3, -0.25) is 0 Å². The molecule has 8 saturated heterocycles. The summed E-state index contributed by atoms with van der Waals surface area (Å²) in [5.74, 6) is -8.66. The summed E-state index contributed by atoms with van der Waals surface area (Å²) in [4.78, 5) is 9.90. The van der Waals surface area contributed by atoms with Gasteiger partial charge in [-0.05, 0) is 0 Å². The Morgan fingerprint density at radius 1 is 0.306 bits per heavy atom. The SMILES string of the molecule is O=CC(O)C(O)C(O)C(O)CO.OCC(O)C1OC(O)C(O)C1O.OCC(O)C1OC(O)C(O)C1O.OCC1OC(O)C(O)C(O)C1O.OCC1OC(O)C(O)C(O)C1O.OC[C@@]1(O)OC[C@@H](O)[C@H](O)C1O.OC[C@H]1O[C@@](O)(CO)C(O)[C@H]1O.OC[C@H]1O[C@](O)(CO)C(O)[C@H]1O.OC[C@]1(O)OC[C@@H](O)[C@H](O)C1O. The van der Waals surface area contributed by atoms with Crippen molar-refractivity contribution in [2.75, 3.05) is 85.9 Å². The molecule has 8 heterocycles. The lowest BCUT2D eigenvalue weighted by molar-refractivity contribution is -0.331. The summed E-state index contributed by atoms with van der Waals surface area (Å²) in [6.07, 6.45) is -51.4. The second-order valence-electron chi connectivity index (χ2n) is 24.4. The minimum absolute atomic E-state index is 0.0258. The molecular weight excluding hydrogens is 1510 g/mol. The van der Waals surface area contributed by atoms with Crippen LogP contribution in [0.25, 0.3) is 0 Å². The van der Waals surface area contributed by atoms with Gasteiger partial charge in [0.25, 0.3) is 0 Å². The highest BCUT2D eigenvalue weighted by Crippen LogP contribution is 2.31. The largest absolute Gasteiger partial charge is 0.394 e. The molecule has 0 aromatic heterocycles. The van der Waals surface area contributed by atoms with Gasteiger partial charge in [-0.2, -0.15) is 0 Å². The Balaban J connectivity index is 0.00000119. The Bertz CT molecular complexity index is 2200. The van der Waals surface area contributed by atoms with Crippen LogP contribution in [0.5, 0.6) is 0 Å². The molecule has 0 spiro atoms. The Morgan fingerprint density at radius 2 is 0.574 bits per heavy atom. The standard InChI is InChI=1S/9C6H12O6/c2*7-2-6(11)5(10)4(9)3(8)1-12-6;2*7-1-3-4(9)5(10)6(11,2-8)12-3;2*7-1-2(8)5-3(9)4(10)6(11)12-5;2*7-1-2-3(8)4(9)5(10)6(11)12-2;7-1-3(9)5(11)6(12)4(10)2-8/h4*3-5,7-11H,1-2H2;4*2-11H,1H2;1,3-6,8-12H,2H2/t3-,4+,5?,6+;3-,4+,5?,6-;3-,4+,5?,6+;3-,4+,5?,6-;;;;;/m1111...../s1. The summed E-state index contributed by atoms with van der Waals surface area (Å²) in [6, 6.07) is 0. The summed E-state index contributed by atoms with van der Waals surface area (Å²) in [5, 5.41) is 401. The van der Waals surface area contributed by atoms with E-state index in [2.05, 4.69) is 37.9 Å². The van der Waals surface area contributed by atoms with Crippen LogP contribution in [0.4, 0.5) is 0 Å². The average molecular weight is 1620 g/mol. The van der Waals surface area contributed by atoms with E-state index in [1.54, 1.807) is 0 Å². The van der Waals surface area contributed by atoms with Crippen LogP contribution in [0, 0.1) is 0 Å². The number of aliphatic hydroxyl groups is 45. The van der Waals surface area contributed by atoms with Crippen molar-refractivity contribution in [2.45, 2.75) is 244 Å². The van der Waals surface area contributed by atoms with Gasteiger partial charge < -0.3 is 272 Å². The monoisotopic (exact) mass is 1620 g/mol. The molecule has 108 heavy (non-hydrogen) atoms. The Morgan fingerprint density at radius 3 is 0.787 bits per heavy atom. The number of carbonyl (C=O) groups is 1. The van der Waals surface area contributed by atoms with Crippen molar-refractivity contribution in [2.24, 2.45) is 0 Å². The quantitative estimate of drug-likeness (QED) is 0.0601. The van der Waals surface area contributed by atoms with Crippen molar-refractivity contribution >= 4 is 6.29 Å². The van der Waals surface area contributed by atoms with E-state index in [0.717, 1.165) is 0 Å². The normalized spacial score (nSPS) is 44.9. The molecule has 0 amide bonds. The maximum absolute atomic E-state index is 9.90. The molecule has 0 aromatic rings. The molecule has 40 atom stereocenters. The first-order valence-electron chi connectivity index (χ1n) is 31.7. The van der Waals surface area contributed by atoms with Crippen LogP contribution in [0.3, 0.4) is 0 Å². The van der Waals surface area contributed by atoms with E-state index in [9.17, 15) is 25.2 Å². The van der Waals surface area contributed by atoms with Crippen LogP contribution in [0.15, 0.2) is 0 Å². The van der Waals surface area contributed by atoms with E-state index in [-0.39, 0.29) is 19.5 Å². The van der Waals surface area contributed by atoms with Gasteiger partial charge in [-0.15, -0.1) is 0 Å². The smallest absolute Gasteiger partial charge is 0.219 e. The fourth-order valence-corrected chi connectivity index (χ4v) is 9.35. The molecule has 54 nitrogen and oxygen atoms in total. The average Bonchev–Trinajstić information content (AvgIpc) is 1.77. The summed E-state index contributed by atoms with van der Waals surface area (Å²) in [7, 11) is 0. The molecular formula is C54H108O54. The second kappa shape index (κ2) is 48.8. The zero-order valence-electron chi connectivity index (χ0n) is 56.4. The van der Waals surface area contributed by atoms with Crippen molar-refractivity contribution in [3.8, 4) is 0 Å². The van der Waals surface area contributed by atoms with E-state index in [0.29, 0.717) is 0 Å². The molecule has 648 valence electrons. The molecule has 0 aromatic carbocycles. The van der Waals surface area contributed by atoms with Gasteiger partial charge in [0, 0.05) is 0 Å². The first-order valence-corrected chi connectivity index (χ1v) is 31.7. The van der Waals surface area contributed by atoms with Crippen LogP contribution >= 0.6 is 0 Å². The van der Waals surface area contributed by atoms with Crippen LogP contribution in [-0.4, -0.2) is 566 Å². The highest BCUT2D eigenvalue weighted by molar-refractivity contribution is 5.56. The molecule has 54 heteroatoms. The molecule has 45 N–H and O–H groups in total. The lowest BCUT2D eigenvalue weighted by Crippen LogP contribution is -2.62.